The molecular weight excluding hydrogens is 362 g/mol. The topological polar surface area (TPSA) is 68.8 Å². The van der Waals surface area contributed by atoms with E-state index in [1.165, 1.54) is 5.56 Å². The van der Waals surface area contributed by atoms with Crippen molar-refractivity contribution in [2.45, 2.75) is 12.6 Å². The van der Waals surface area contributed by atoms with Gasteiger partial charge in [-0.2, -0.15) is 0 Å². The molecule has 2 heterocycles. The highest BCUT2D eigenvalue weighted by molar-refractivity contribution is 5.75. The number of benzene rings is 3. The molecule has 1 N–H and O–H groups in total. The lowest BCUT2D eigenvalue weighted by atomic mass is 9.98. The lowest BCUT2D eigenvalue weighted by molar-refractivity contribution is 0.474. The molecule has 0 amide bonds. The van der Waals surface area contributed by atoms with E-state index in [9.17, 15) is 5.11 Å². The maximum absolute atomic E-state index is 9.69. The highest BCUT2D eigenvalue weighted by Crippen LogP contribution is 2.29. The lowest BCUT2D eigenvalue weighted by Crippen LogP contribution is -2.11. The Bertz CT molecular complexity index is 1230. The quantitative estimate of drug-likeness (QED) is 0.499. The van der Waals surface area contributed by atoms with Crippen LogP contribution in [0.3, 0.4) is 0 Å². The van der Waals surface area contributed by atoms with Crippen LogP contribution in [0.1, 0.15) is 22.7 Å². The first-order valence-electron chi connectivity index (χ1n) is 9.41. The third-order valence-corrected chi connectivity index (χ3v) is 5.06. The summed E-state index contributed by atoms with van der Waals surface area (Å²) in [5, 5.41) is 18.4. The zero-order valence-electron chi connectivity index (χ0n) is 15.6. The molecular formula is C23H19N5O. The molecule has 142 valence electrons. The summed E-state index contributed by atoms with van der Waals surface area (Å²) in [6.07, 6.45) is 5.52. The maximum atomic E-state index is 9.69. The number of aromatic nitrogens is 5. The van der Waals surface area contributed by atoms with E-state index < -0.39 is 0 Å². The second-order valence-corrected chi connectivity index (χ2v) is 6.98. The van der Waals surface area contributed by atoms with Crippen LogP contribution in [0.2, 0.25) is 0 Å². The van der Waals surface area contributed by atoms with E-state index in [4.69, 9.17) is 0 Å². The minimum atomic E-state index is -0.0671. The van der Waals surface area contributed by atoms with Gasteiger partial charge in [0.05, 0.1) is 24.4 Å². The molecule has 0 bridgehead atoms. The summed E-state index contributed by atoms with van der Waals surface area (Å²) in [6, 6.07) is 23.7. The first-order chi connectivity index (χ1) is 14.3. The average Bonchev–Trinajstić information content (AvgIpc) is 3.41. The monoisotopic (exact) mass is 381 g/mol. The van der Waals surface area contributed by atoms with Crippen molar-refractivity contribution in [2.24, 2.45) is 0 Å². The summed E-state index contributed by atoms with van der Waals surface area (Å²) in [7, 11) is 0. The normalized spacial score (nSPS) is 12.3. The van der Waals surface area contributed by atoms with Gasteiger partial charge in [0.1, 0.15) is 11.3 Å². The van der Waals surface area contributed by atoms with Crippen LogP contribution in [0, 0.1) is 0 Å². The molecule has 29 heavy (non-hydrogen) atoms. The van der Waals surface area contributed by atoms with E-state index in [2.05, 4.69) is 44.1 Å². The van der Waals surface area contributed by atoms with E-state index in [0.29, 0.717) is 6.54 Å². The number of rotatable bonds is 5. The number of imidazole rings is 1. The molecule has 0 aliphatic heterocycles. The van der Waals surface area contributed by atoms with Gasteiger partial charge in [-0.05, 0) is 41.0 Å². The van der Waals surface area contributed by atoms with Gasteiger partial charge < -0.3 is 9.67 Å². The molecule has 0 aliphatic carbocycles. The average molecular weight is 381 g/mol. The Morgan fingerprint density at radius 3 is 2.45 bits per heavy atom. The molecule has 0 saturated carbocycles. The van der Waals surface area contributed by atoms with Crippen LogP contribution in [0.5, 0.6) is 5.75 Å². The standard InChI is InChI=1S/C23H19N5O/c29-20-9-6-18(7-10-20)23(27-13-12-24-16-27)19-8-11-21-22(14-19)28(26-25-21)15-17-4-2-1-3-5-17/h1-14,16,23,29H,15H2. The van der Waals surface area contributed by atoms with Gasteiger partial charge in [-0.15, -0.1) is 5.10 Å². The molecule has 0 spiro atoms. The molecule has 0 aliphatic rings. The highest BCUT2D eigenvalue weighted by atomic mass is 16.3. The highest BCUT2D eigenvalue weighted by Gasteiger charge is 2.18. The largest absolute Gasteiger partial charge is 0.508 e. The summed E-state index contributed by atoms with van der Waals surface area (Å²) in [5.41, 5.74) is 5.17. The van der Waals surface area contributed by atoms with Crippen molar-refractivity contribution in [1.29, 1.82) is 0 Å². The minimum Gasteiger partial charge on any atom is -0.508 e. The summed E-state index contributed by atoms with van der Waals surface area (Å²) in [6.45, 7) is 0.662. The van der Waals surface area contributed by atoms with Crippen LogP contribution < -0.4 is 0 Å². The Kier molecular flexibility index (Phi) is 4.29. The van der Waals surface area contributed by atoms with Crippen molar-refractivity contribution >= 4 is 11.0 Å². The van der Waals surface area contributed by atoms with Gasteiger partial charge in [-0.3, -0.25) is 0 Å². The van der Waals surface area contributed by atoms with Crippen LogP contribution >= 0.6 is 0 Å². The van der Waals surface area contributed by atoms with Gasteiger partial charge in [0, 0.05) is 12.4 Å². The molecule has 0 saturated heterocycles. The number of phenols is 1. The summed E-state index contributed by atoms with van der Waals surface area (Å²) in [4.78, 5) is 4.22. The minimum absolute atomic E-state index is 0.0671. The molecule has 0 radical (unpaired) electrons. The van der Waals surface area contributed by atoms with Gasteiger partial charge in [-0.25, -0.2) is 9.67 Å². The molecule has 5 rings (SSSR count). The molecule has 5 aromatic rings. The van der Waals surface area contributed by atoms with Gasteiger partial charge in [0.25, 0.3) is 0 Å². The Hall–Kier alpha value is -3.93. The van der Waals surface area contributed by atoms with Gasteiger partial charge in [0.2, 0.25) is 0 Å². The van der Waals surface area contributed by atoms with E-state index in [0.717, 1.165) is 22.2 Å². The smallest absolute Gasteiger partial charge is 0.115 e. The Balaban J connectivity index is 1.60. The van der Waals surface area contributed by atoms with E-state index in [-0.39, 0.29) is 11.8 Å². The first-order valence-corrected chi connectivity index (χ1v) is 9.41. The van der Waals surface area contributed by atoms with Crippen molar-refractivity contribution in [2.75, 3.05) is 0 Å². The fraction of sp³-hybridized carbons (Fsp3) is 0.0870. The van der Waals surface area contributed by atoms with Crippen molar-refractivity contribution in [3.63, 3.8) is 0 Å². The van der Waals surface area contributed by atoms with Crippen LogP contribution in [0.4, 0.5) is 0 Å². The molecule has 6 heteroatoms. The number of nitrogens with zero attached hydrogens (tertiary/aromatic N) is 5. The van der Waals surface area contributed by atoms with Crippen LogP contribution in [0.25, 0.3) is 11.0 Å². The molecule has 1 unspecified atom stereocenters. The van der Waals surface area contributed by atoms with Gasteiger partial charge in [-0.1, -0.05) is 53.7 Å². The zero-order valence-corrected chi connectivity index (χ0v) is 15.6. The molecule has 2 aromatic heterocycles. The van der Waals surface area contributed by atoms with Crippen molar-refractivity contribution in [1.82, 2.24) is 24.5 Å². The second kappa shape index (κ2) is 7.24. The fourth-order valence-electron chi connectivity index (χ4n) is 3.64. The van der Waals surface area contributed by atoms with Gasteiger partial charge >= 0.3 is 0 Å². The van der Waals surface area contributed by atoms with Gasteiger partial charge in [0.15, 0.2) is 0 Å². The van der Waals surface area contributed by atoms with E-state index in [1.54, 1.807) is 24.7 Å². The SMILES string of the molecule is Oc1ccc(C(c2ccc3nnn(Cc4ccccc4)c3c2)n2ccnc2)cc1. The first kappa shape index (κ1) is 17.2. The third kappa shape index (κ3) is 3.36. The fourth-order valence-corrected chi connectivity index (χ4v) is 3.64. The molecule has 3 aromatic carbocycles. The van der Waals surface area contributed by atoms with E-state index in [1.807, 2.05) is 47.3 Å². The van der Waals surface area contributed by atoms with E-state index >= 15 is 0 Å². The van der Waals surface area contributed by atoms with Crippen molar-refractivity contribution in [3.05, 3.63) is 108 Å². The maximum Gasteiger partial charge on any atom is 0.115 e. The Morgan fingerprint density at radius 1 is 0.897 bits per heavy atom. The number of hydrogen-bond donors (Lipinski definition) is 1. The second-order valence-electron chi connectivity index (χ2n) is 6.98. The summed E-state index contributed by atoms with van der Waals surface area (Å²) < 4.78 is 3.98. The molecule has 1 atom stereocenters. The van der Waals surface area contributed by atoms with Crippen LogP contribution in [-0.2, 0) is 6.54 Å². The number of hydrogen-bond acceptors (Lipinski definition) is 4. The summed E-state index contributed by atoms with van der Waals surface area (Å²) >= 11 is 0. The predicted molar refractivity (Wildman–Crippen MR) is 111 cm³/mol. The Labute approximate surface area is 167 Å². The zero-order chi connectivity index (χ0) is 19.6. The number of phenolic OH excluding ortho intramolecular Hbond substituents is 1. The number of fused-ring (bicyclic) bond motifs is 1. The van der Waals surface area contributed by atoms with Crippen LogP contribution in [-0.4, -0.2) is 29.7 Å². The third-order valence-electron chi connectivity index (χ3n) is 5.06. The van der Waals surface area contributed by atoms with Crippen molar-refractivity contribution < 1.29 is 5.11 Å². The summed E-state index contributed by atoms with van der Waals surface area (Å²) in [5.74, 6) is 0.249. The van der Waals surface area contributed by atoms with Crippen molar-refractivity contribution in [3.8, 4) is 5.75 Å². The predicted octanol–water partition coefficient (Wildman–Crippen LogP) is 4.02. The van der Waals surface area contributed by atoms with Crippen LogP contribution in [0.15, 0.2) is 91.5 Å². The lowest BCUT2D eigenvalue weighted by Gasteiger charge is -2.20. The Morgan fingerprint density at radius 2 is 1.69 bits per heavy atom. The molecule has 6 nitrogen and oxygen atoms in total. The molecule has 0 fully saturated rings. The number of aromatic hydroxyl groups is 1.